The van der Waals surface area contributed by atoms with Crippen molar-refractivity contribution in [1.82, 2.24) is 4.90 Å². The Hall–Kier alpha value is -4.13. The van der Waals surface area contributed by atoms with E-state index in [1.165, 1.54) is 10.5 Å². The first kappa shape index (κ1) is 30.5. The van der Waals surface area contributed by atoms with Crippen molar-refractivity contribution in [2.45, 2.75) is 49.3 Å². The number of nitrogens with one attached hydrogen (secondary N) is 1. The van der Waals surface area contributed by atoms with Crippen LogP contribution in [0.2, 0.25) is 0 Å². The topological polar surface area (TPSA) is 75.7 Å². The summed E-state index contributed by atoms with van der Waals surface area (Å²) in [5.41, 5.74) is 6.24. The standard InChI is InChI=1S/C38H34Cl2N2O4/c1-23-15-18-27(22-24(23)2)46-26-19-16-25(17-20-26)41-32(43)14-4-3-9-21-42-35(44)33-34(36(42)45)38(40)29-11-6-5-10-28(29)37(33,39)30-12-7-8-13-31(30)38/h5-8,10-13,15-20,22,33-34H,3-4,9,14,21H2,1-2H3,(H,41,43)/t33-,34-,37?,38?/m1/s1. The zero-order valence-corrected chi connectivity index (χ0v) is 27.2. The van der Waals surface area contributed by atoms with Gasteiger partial charge in [0.15, 0.2) is 0 Å². The van der Waals surface area contributed by atoms with Crippen molar-refractivity contribution in [1.29, 1.82) is 0 Å². The highest BCUT2D eigenvalue weighted by atomic mass is 35.5. The number of unbranched alkanes of at least 4 members (excludes halogenated alkanes) is 2. The van der Waals surface area contributed by atoms with Crippen LogP contribution in [-0.2, 0) is 24.1 Å². The number of rotatable bonds is 9. The van der Waals surface area contributed by atoms with Gasteiger partial charge in [-0.15, -0.1) is 23.2 Å². The number of anilines is 1. The van der Waals surface area contributed by atoms with E-state index in [4.69, 9.17) is 27.9 Å². The van der Waals surface area contributed by atoms with Gasteiger partial charge in [0.1, 0.15) is 21.2 Å². The molecular weight excluding hydrogens is 619 g/mol. The number of ether oxygens (including phenoxy) is 1. The van der Waals surface area contributed by atoms with Crippen LogP contribution in [-0.4, -0.2) is 29.2 Å². The maximum absolute atomic E-state index is 13.9. The summed E-state index contributed by atoms with van der Waals surface area (Å²) in [5.74, 6) is -0.762. The maximum Gasteiger partial charge on any atom is 0.235 e. The number of carbonyl (C=O) groups is 3. The minimum absolute atomic E-state index is 0.0950. The highest BCUT2D eigenvalue weighted by Crippen LogP contribution is 2.69. The van der Waals surface area contributed by atoms with Crippen molar-refractivity contribution in [3.63, 3.8) is 0 Å². The monoisotopic (exact) mass is 652 g/mol. The molecule has 4 aliphatic rings. The van der Waals surface area contributed by atoms with Gasteiger partial charge >= 0.3 is 0 Å². The highest BCUT2D eigenvalue weighted by Gasteiger charge is 2.72. The molecule has 1 heterocycles. The lowest BCUT2D eigenvalue weighted by Crippen LogP contribution is -2.57. The summed E-state index contributed by atoms with van der Waals surface area (Å²) in [6.45, 7) is 4.37. The number of aryl methyl sites for hydroxylation is 2. The van der Waals surface area contributed by atoms with E-state index < -0.39 is 21.6 Å². The SMILES string of the molecule is Cc1ccc(Oc2ccc(NC(=O)CCCCCN3C(=O)[C@H]4[C@H](C3=O)C3(Cl)c5ccccc5C4(Cl)c4ccccc43)cc2)cc1C. The summed E-state index contributed by atoms with van der Waals surface area (Å²) in [6, 6.07) is 28.5. The van der Waals surface area contributed by atoms with Gasteiger partial charge in [0.25, 0.3) is 0 Å². The smallest absolute Gasteiger partial charge is 0.235 e. The molecule has 0 radical (unpaired) electrons. The van der Waals surface area contributed by atoms with Crippen molar-refractivity contribution in [3.8, 4) is 11.5 Å². The third-order valence-corrected chi connectivity index (χ3v) is 11.1. The first-order chi connectivity index (χ1) is 22.1. The fourth-order valence-electron chi connectivity index (χ4n) is 7.42. The van der Waals surface area contributed by atoms with Gasteiger partial charge in [-0.3, -0.25) is 19.3 Å². The molecule has 6 nitrogen and oxygen atoms in total. The van der Waals surface area contributed by atoms with Crippen LogP contribution in [0.15, 0.2) is 91.0 Å². The van der Waals surface area contributed by atoms with Gasteiger partial charge in [-0.2, -0.15) is 0 Å². The van der Waals surface area contributed by atoms with Crippen LogP contribution in [0, 0.1) is 25.7 Å². The van der Waals surface area contributed by atoms with E-state index in [2.05, 4.69) is 12.2 Å². The number of hydrogen-bond donors (Lipinski definition) is 1. The number of alkyl halides is 2. The molecule has 8 heteroatoms. The molecule has 0 saturated carbocycles. The lowest BCUT2D eigenvalue weighted by molar-refractivity contribution is -0.140. The Balaban J connectivity index is 0.946. The average Bonchev–Trinajstić information content (AvgIpc) is 3.32. The van der Waals surface area contributed by atoms with Gasteiger partial charge in [-0.1, -0.05) is 61.0 Å². The Kier molecular flexibility index (Phi) is 7.69. The molecule has 0 aromatic heterocycles. The van der Waals surface area contributed by atoms with Crippen molar-refractivity contribution < 1.29 is 19.1 Å². The average molecular weight is 654 g/mol. The molecule has 0 spiro atoms. The summed E-state index contributed by atoms with van der Waals surface area (Å²) in [6.07, 6.45) is 2.22. The molecule has 4 aromatic carbocycles. The van der Waals surface area contributed by atoms with Gasteiger partial charge in [-0.25, -0.2) is 0 Å². The number of amides is 3. The van der Waals surface area contributed by atoms with Gasteiger partial charge < -0.3 is 10.1 Å². The van der Waals surface area contributed by atoms with Crippen LogP contribution >= 0.6 is 23.2 Å². The Labute approximate surface area is 278 Å². The first-order valence-corrected chi connectivity index (χ1v) is 16.5. The summed E-state index contributed by atoms with van der Waals surface area (Å²) in [7, 11) is 0. The number of likely N-dealkylation sites (tertiary alicyclic amines) is 1. The second-order valence-electron chi connectivity index (χ2n) is 12.5. The second-order valence-corrected chi connectivity index (χ2v) is 13.7. The molecule has 1 fully saturated rings. The van der Waals surface area contributed by atoms with Crippen LogP contribution in [0.5, 0.6) is 11.5 Å². The summed E-state index contributed by atoms with van der Waals surface area (Å²) >= 11 is 15.0. The lowest BCUT2D eigenvalue weighted by atomic mass is 9.54. The van der Waals surface area contributed by atoms with Crippen molar-refractivity contribution >= 4 is 46.6 Å². The lowest BCUT2D eigenvalue weighted by Gasteiger charge is -2.54. The second kappa shape index (κ2) is 11.6. The third kappa shape index (κ3) is 4.73. The molecule has 3 amide bonds. The molecule has 4 aromatic rings. The van der Waals surface area contributed by atoms with Crippen LogP contribution in [0.25, 0.3) is 0 Å². The third-order valence-electron chi connectivity index (χ3n) is 9.81. The Bertz CT molecular complexity index is 1750. The molecule has 2 bridgehead atoms. The molecule has 3 aliphatic carbocycles. The zero-order chi connectivity index (χ0) is 32.2. The molecule has 1 aliphatic heterocycles. The van der Waals surface area contributed by atoms with Gasteiger partial charge in [0, 0.05) is 18.7 Å². The van der Waals surface area contributed by atoms with E-state index in [1.54, 1.807) is 0 Å². The van der Waals surface area contributed by atoms with E-state index in [-0.39, 0.29) is 24.3 Å². The predicted octanol–water partition coefficient (Wildman–Crippen LogP) is 8.19. The number of nitrogens with zero attached hydrogens (tertiary/aromatic N) is 1. The largest absolute Gasteiger partial charge is 0.457 e. The first-order valence-electron chi connectivity index (χ1n) is 15.7. The zero-order valence-electron chi connectivity index (χ0n) is 25.7. The normalized spacial score (nSPS) is 24.0. The van der Waals surface area contributed by atoms with Crippen LogP contribution in [0.1, 0.15) is 59.1 Å². The fourth-order valence-corrected chi connectivity index (χ4v) is 8.52. The molecule has 1 saturated heterocycles. The van der Waals surface area contributed by atoms with Crippen molar-refractivity contribution in [2.24, 2.45) is 11.8 Å². The fraction of sp³-hybridized carbons (Fsp3) is 0.289. The van der Waals surface area contributed by atoms with Crippen molar-refractivity contribution in [2.75, 3.05) is 11.9 Å². The van der Waals surface area contributed by atoms with Crippen LogP contribution < -0.4 is 10.1 Å². The van der Waals surface area contributed by atoms with Gasteiger partial charge in [0.2, 0.25) is 17.7 Å². The van der Waals surface area contributed by atoms with Crippen LogP contribution in [0.3, 0.4) is 0 Å². The Morgan fingerprint density at radius 3 is 1.76 bits per heavy atom. The van der Waals surface area contributed by atoms with E-state index in [1.807, 2.05) is 97.9 Å². The summed E-state index contributed by atoms with van der Waals surface area (Å²) in [4.78, 5) is 39.5. The minimum Gasteiger partial charge on any atom is -0.457 e. The van der Waals surface area contributed by atoms with E-state index in [0.717, 1.165) is 33.6 Å². The highest BCUT2D eigenvalue weighted by molar-refractivity contribution is 6.36. The quantitative estimate of drug-likeness (QED) is 0.112. The molecule has 46 heavy (non-hydrogen) atoms. The minimum atomic E-state index is -1.17. The summed E-state index contributed by atoms with van der Waals surface area (Å²) in [5, 5.41) is 2.93. The number of hydrogen-bond acceptors (Lipinski definition) is 4. The molecule has 1 N–H and O–H groups in total. The molecule has 8 rings (SSSR count). The van der Waals surface area contributed by atoms with Gasteiger partial charge in [0.05, 0.1) is 11.8 Å². The van der Waals surface area contributed by atoms with Crippen LogP contribution in [0.4, 0.5) is 5.69 Å². The molecular formula is C38H34Cl2N2O4. The molecule has 234 valence electrons. The number of benzene rings is 4. The number of imide groups is 1. The number of carbonyl (C=O) groups excluding carboxylic acids is 3. The summed E-state index contributed by atoms with van der Waals surface area (Å²) < 4.78 is 5.93. The predicted molar refractivity (Wildman–Crippen MR) is 179 cm³/mol. The Morgan fingerprint density at radius 2 is 1.24 bits per heavy atom. The van der Waals surface area contributed by atoms with E-state index in [0.29, 0.717) is 37.1 Å². The maximum atomic E-state index is 13.9. The van der Waals surface area contributed by atoms with Gasteiger partial charge in [-0.05, 0) is 96.5 Å². The molecule has 2 atom stereocenters. The number of halogens is 2. The Morgan fingerprint density at radius 1 is 0.717 bits per heavy atom. The molecule has 0 unspecified atom stereocenters. The van der Waals surface area contributed by atoms with E-state index >= 15 is 0 Å². The van der Waals surface area contributed by atoms with Crippen molar-refractivity contribution in [3.05, 3.63) is 124 Å². The van der Waals surface area contributed by atoms with E-state index in [9.17, 15) is 14.4 Å².